The number of benzene rings is 1. The Bertz CT molecular complexity index is 453. The Hall–Kier alpha value is -1.75. The molecule has 0 saturated carbocycles. The quantitative estimate of drug-likeness (QED) is 0.878. The number of nitrogens with zero attached hydrogens (tertiary/aromatic N) is 1. The lowest BCUT2D eigenvalue weighted by molar-refractivity contribution is -0.137. The highest BCUT2D eigenvalue weighted by Gasteiger charge is 2.23. The van der Waals surface area contributed by atoms with Crippen molar-refractivity contribution >= 4 is 5.97 Å². The van der Waals surface area contributed by atoms with E-state index in [0.29, 0.717) is 13.2 Å². The van der Waals surface area contributed by atoms with Crippen molar-refractivity contribution in [1.29, 1.82) is 0 Å². The van der Waals surface area contributed by atoms with Gasteiger partial charge in [0.25, 0.3) is 0 Å². The van der Waals surface area contributed by atoms with Crippen LogP contribution in [-0.2, 0) is 17.9 Å². The molecule has 1 N–H and O–H groups in total. The first-order valence-electron chi connectivity index (χ1n) is 6.08. The predicted molar refractivity (Wildman–Crippen MR) is 63.5 cm³/mol. The SMILES string of the molecule is O=C(O)CCCN1Cc2cc3c(cc2C1)OCO3. The first-order valence-corrected chi connectivity index (χ1v) is 6.08. The van der Waals surface area contributed by atoms with Gasteiger partial charge in [0.2, 0.25) is 6.79 Å². The molecule has 0 amide bonds. The minimum absolute atomic E-state index is 0.232. The topological polar surface area (TPSA) is 59.0 Å². The third kappa shape index (κ3) is 2.13. The van der Waals surface area contributed by atoms with Crippen LogP contribution in [0.5, 0.6) is 11.5 Å². The molecule has 2 aliphatic rings. The average molecular weight is 249 g/mol. The van der Waals surface area contributed by atoms with Crippen molar-refractivity contribution < 1.29 is 19.4 Å². The van der Waals surface area contributed by atoms with Crippen molar-refractivity contribution in [2.45, 2.75) is 25.9 Å². The third-order valence-electron chi connectivity index (χ3n) is 3.35. The molecule has 18 heavy (non-hydrogen) atoms. The molecular formula is C13H15NO4. The maximum atomic E-state index is 10.5. The molecule has 5 heteroatoms. The molecule has 0 atom stereocenters. The summed E-state index contributed by atoms with van der Waals surface area (Å²) in [5, 5.41) is 8.62. The van der Waals surface area contributed by atoms with Gasteiger partial charge in [-0.15, -0.1) is 0 Å². The van der Waals surface area contributed by atoms with Gasteiger partial charge in [-0.3, -0.25) is 9.69 Å². The van der Waals surface area contributed by atoms with E-state index in [2.05, 4.69) is 4.90 Å². The van der Waals surface area contributed by atoms with Gasteiger partial charge in [-0.25, -0.2) is 0 Å². The molecule has 3 rings (SSSR count). The molecule has 0 unspecified atom stereocenters. The highest BCUT2D eigenvalue weighted by atomic mass is 16.7. The van der Waals surface area contributed by atoms with Crippen LogP contribution in [-0.4, -0.2) is 29.3 Å². The number of hydrogen-bond donors (Lipinski definition) is 1. The molecule has 96 valence electrons. The number of fused-ring (bicyclic) bond motifs is 2. The van der Waals surface area contributed by atoms with Crippen LogP contribution in [0.4, 0.5) is 0 Å². The van der Waals surface area contributed by atoms with E-state index in [1.807, 2.05) is 12.1 Å². The highest BCUT2D eigenvalue weighted by molar-refractivity contribution is 5.66. The number of hydrogen-bond acceptors (Lipinski definition) is 4. The second-order valence-corrected chi connectivity index (χ2v) is 4.68. The zero-order valence-electron chi connectivity index (χ0n) is 10.0. The number of carboxylic acids is 1. The summed E-state index contributed by atoms with van der Waals surface area (Å²) in [6.45, 7) is 2.85. The summed E-state index contributed by atoms with van der Waals surface area (Å²) in [7, 11) is 0. The average Bonchev–Trinajstić information content (AvgIpc) is 2.89. The van der Waals surface area contributed by atoms with E-state index in [1.54, 1.807) is 0 Å². The summed E-state index contributed by atoms with van der Waals surface area (Å²) in [5.41, 5.74) is 2.52. The minimum Gasteiger partial charge on any atom is -0.481 e. The monoisotopic (exact) mass is 249 g/mol. The van der Waals surface area contributed by atoms with Crippen LogP contribution in [0, 0.1) is 0 Å². The first kappa shape index (κ1) is 11.3. The summed E-state index contributed by atoms with van der Waals surface area (Å²) < 4.78 is 10.7. The van der Waals surface area contributed by atoms with Crippen molar-refractivity contribution in [2.75, 3.05) is 13.3 Å². The smallest absolute Gasteiger partial charge is 0.303 e. The fourth-order valence-electron chi connectivity index (χ4n) is 2.47. The van der Waals surface area contributed by atoms with Gasteiger partial charge < -0.3 is 14.6 Å². The minimum atomic E-state index is -0.729. The van der Waals surface area contributed by atoms with E-state index in [4.69, 9.17) is 14.6 Å². The normalized spacial score (nSPS) is 16.9. The van der Waals surface area contributed by atoms with Crippen LogP contribution in [0.25, 0.3) is 0 Å². The Kier molecular flexibility index (Phi) is 2.83. The molecule has 2 heterocycles. The highest BCUT2D eigenvalue weighted by Crippen LogP contribution is 2.37. The molecule has 5 nitrogen and oxygen atoms in total. The molecule has 0 bridgehead atoms. The summed E-state index contributed by atoms with van der Waals surface area (Å²) >= 11 is 0. The molecule has 1 aromatic carbocycles. The predicted octanol–water partition coefficient (Wildman–Crippen LogP) is 1.60. The van der Waals surface area contributed by atoms with E-state index >= 15 is 0 Å². The fraction of sp³-hybridized carbons (Fsp3) is 0.462. The van der Waals surface area contributed by atoms with E-state index in [0.717, 1.165) is 31.1 Å². The summed E-state index contributed by atoms with van der Waals surface area (Å²) in [5.74, 6) is 0.912. The van der Waals surface area contributed by atoms with Gasteiger partial charge >= 0.3 is 5.97 Å². The number of carbonyl (C=O) groups is 1. The van der Waals surface area contributed by atoms with Gasteiger partial charge in [-0.2, -0.15) is 0 Å². The van der Waals surface area contributed by atoms with Crippen molar-refractivity contribution in [3.8, 4) is 11.5 Å². The van der Waals surface area contributed by atoms with Gasteiger partial charge in [0.1, 0.15) is 0 Å². The van der Waals surface area contributed by atoms with Gasteiger partial charge in [-0.1, -0.05) is 0 Å². The second-order valence-electron chi connectivity index (χ2n) is 4.68. The largest absolute Gasteiger partial charge is 0.481 e. The Morgan fingerprint density at radius 3 is 2.39 bits per heavy atom. The zero-order valence-corrected chi connectivity index (χ0v) is 10.0. The molecule has 1 aromatic rings. The van der Waals surface area contributed by atoms with Crippen LogP contribution in [0.15, 0.2) is 12.1 Å². The van der Waals surface area contributed by atoms with E-state index in [1.165, 1.54) is 11.1 Å². The van der Waals surface area contributed by atoms with Gasteiger partial charge in [-0.05, 0) is 36.2 Å². The summed E-state index contributed by atoms with van der Waals surface area (Å²) in [4.78, 5) is 12.7. The van der Waals surface area contributed by atoms with Gasteiger partial charge in [0, 0.05) is 19.5 Å². The Morgan fingerprint density at radius 2 is 1.83 bits per heavy atom. The molecule has 0 aliphatic carbocycles. The molecule has 0 radical (unpaired) electrons. The molecule has 0 saturated heterocycles. The van der Waals surface area contributed by atoms with Crippen molar-refractivity contribution in [1.82, 2.24) is 4.90 Å². The van der Waals surface area contributed by atoms with Gasteiger partial charge in [0.15, 0.2) is 11.5 Å². The lowest BCUT2D eigenvalue weighted by Gasteiger charge is -2.13. The van der Waals surface area contributed by atoms with Crippen LogP contribution < -0.4 is 9.47 Å². The second kappa shape index (κ2) is 4.49. The van der Waals surface area contributed by atoms with Crippen LogP contribution in [0.3, 0.4) is 0 Å². The summed E-state index contributed by atoms with van der Waals surface area (Å²) in [6, 6.07) is 4.07. The van der Waals surface area contributed by atoms with Crippen LogP contribution in [0.2, 0.25) is 0 Å². The molecule has 0 fully saturated rings. The van der Waals surface area contributed by atoms with E-state index in [-0.39, 0.29) is 6.42 Å². The lowest BCUT2D eigenvalue weighted by Crippen LogP contribution is -2.18. The van der Waals surface area contributed by atoms with Gasteiger partial charge in [0.05, 0.1) is 0 Å². The van der Waals surface area contributed by atoms with E-state index < -0.39 is 5.97 Å². The van der Waals surface area contributed by atoms with Crippen molar-refractivity contribution in [3.63, 3.8) is 0 Å². The number of rotatable bonds is 4. The third-order valence-corrected chi connectivity index (χ3v) is 3.35. The standard InChI is InChI=1S/C13H15NO4/c15-13(16)2-1-3-14-6-9-4-11-12(18-8-17-11)5-10(9)7-14/h4-5H,1-3,6-8H2,(H,15,16). The molecule has 2 aliphatic heterocycles. The first-order chi connectivity index (χ1) is 8.72. The number of ether oxygens (including phenoxy) is 2. The Labute approximate surface area is 105 Å². The summed E-state index contributed by atoms with van der Waals surface area (Å²) in [6.07, 6.45) is 0.922. The molecule has 0 spiro atoms. The molecule has 0 aromatic heterocycles. The van der Waals surface area contributed by atoms with Crippen LogP contribution >= 0.6 is 0 Å². The maximum Gasteiger partial charge on any atom is 0.303 e. The Morgan fingerprint density at radius 1 is 1.22 bits per heavy atom. The zero-order chi connectivity index (χ0) is 12.5. The number of carboxylic acid groups (broad SMARTS) is 1. The lowest BCUT2D eigenvalue weighted by atomic mass is 10.1. The number of aliphatic carboxylic acids is 1. The van der Waals surface area contributed by atoms with Crippen molar-refractivity contribution in [3.05, 3.63) is 23.3 Å². The van der Waals surface area contributed by atoms with Crippen LogP contribution in [0.1, 0.15) is 24.0 Å². The maximum absolute atomic E-state index is 10.5. The van der Waals surface area contributed by atoms with E-state index in [9.17, 15) is 4.79 Å². The fourth-order valence-corrected chi connectivity index (χ4v) is 2.47. The Balaban J connectivity index is 1.63. The van der Waals surface area contributed by atoms with Crippen molar-refractivity contribution in [2.24, 2.45) is 0 Å². The molecular weight excluding hydrogens is 234 g/mol.